The molecule has 1 nitrogen and oxygen atoms in total. The van der Waals surface area contributed by atoms with Crippen LogP contribution in [-0.2, 0) is 0 Å². The van der Waals surface area contributed by atoms with Gasteiger partial charge in [-0.25, -0.2) is 0 Å². The van der Waals surface area contributed by atoms with E-state index >= 15 is 0 Å². The quantitative estimate of drug-likeness (QED) is 0.256. The van der Waals surface area contributed by atoms with Crippen molar-refractivity contribution >= 4 is 64.1 Å². The molecule has 2 aromatic heterocycles. The zero-order valence-corrected chi connectivity index (χ0v) is 20.3. The molecule has 0 unspecified atom stereocenters. The first-order chi connectivity index (χ1) is 17.8. The predicted octanol–water partition coefficient (Wildman–Crippen LogP) is 10.2. The monoisotopic (exact) mass is 475 g/mol. The Balaban J connectivity index is 1.48. The molecule has 2 heterocycles. The Hall–Kier alpha value is -4.40. The van der Waals surface area contributed by atoms with Gasteiger partial charge in [-0.2, -0.15) is 0 Å². The standard InChI is InChI=1S/C34H21NS/c1-2-8-21(9-3-1)24-16-17-26-29(19-24)35-30-20-28(25-15-14-22-10-4-5-11-23(22)18-25)34-33(32(26)30)27-12-6-7-13-31(27)36-34/h1-20,35H. The van der Waals surface area contributed by atoms with E-state index in [1.165, 1.54) is 75.0 Å². The number of rotatable bonds is 2. The van der Waals surface area contributed by atoms with Gasteiger partial charge in [0.2, 0.25) is 0 Å². The fraction of sp³-hybridized carbons (Fsp3) is 0. The van der Waals surface area contributed by atoms with Crippen molar-refractivity contribution in [1.82, 2.24) is 4.98 Å². The molecule has 0 aliphatic carbocycles. The van der Waals surface area contributed by atoms with Crippen LogP contribution >= 0.6 is 11.3 Å². The number of fused-ring (bicyclic) bond motifs is 8. The van der Waals surface area contributed by atoms with Crippen molar-refractivity contribution in [3.05, 3.63) is 121 Å². The van der Waals surface area contributed by atoms with Gasteiger partial charge in [-0.1, -0.05) is 97.1 Å². The molecule has 6 aromatic carbocycles. The van der Waals surface area contributed by atoms with Crippen LogP contribution < -0.4 is 0 Å². The highest BCUT2D eigenvalue weighted by Gasteiger charge is 2.18. The zero-order valence-electron chi connectivity index (χ0n) is 19.5. The highest BCUT2D eigenvalue weighted by atomic mass is 32.1. The second-order valence-corrected chi connectivity index (χ2v) is 10.5. The molecule has 1 N–H and O–H groups in total. The fourth-order valence-corrected chi connectivity index (χ4v) is 6.92. The van der Waals surface area contributed by atoms with E-state index in [-0.39, 0.29) is 0 Å². The van der Waals surface area contributed by atoms with Gasteiger partial charge >= 0.3 is 0 Å². The normalized spacial score (nSPS) is 11.9. The van der Waals surface area contributed by atoms with Crippen LogP contribution in [-0.4, -0.2) is 4.98 Å². The van der Waals surface area contributed by atoms with Crippen LogP contribution in [0, 0.1) is 0 Å². The lowest BCUT2D eigenvalue weighted by atomic mass is 9.96. The number of hydrogen-bond donors (Lipinski definition) is 1. The van der Waals surface area contributed by atoms with Crippen molar-refractivity contribution < 1.29 is 0 Å². The van der Waals surface area contributed by atoms with Crippen LogP contribution in [0.15, 0.2) is 121 Å². The first kappa shape index (κ1) is 19.9. The summed E-state index contributed by atoms with van der Waals surface area (Å²) in [6.45, 7) is 0. The Kier molecular flexibility index (Phi) is 4.16. The van der Waals surface area contributed by atoms with E-state index in [9.17, 15) is 0 Å². The molecule has 168 valence electrons. The average Bonchev–Trinajstić information content (AvgIpc) is 3.50. The largest absolute Gasteiger partial charge is 0.354 e. The Bertz CT molecular complexity index is 2090. The smallest absolute Gasteiger partial charge is 0.0478 e. The van der Waals surface area contributed by atoms with Crippen LogP contribution in [0.1, 0.15) is 0 Å². The highest BCUT2D eigenvalue weighted by molar-refractivity contribution is 7.26. The minimum Gasteiger partial charge on any atom is -0.354 e. The van der Waals surface area contributed by atoms with Crippen LogP contribution in [0.25, 0.3) is 75.0 Å². The lowest BCUT2D eigenvalue weighted by Gasteiger charge is -2.08. The van der Waals surface area contributed by atoms with Crippen LogP contribution in [0.3, 0.4) is 0 Å². The number of nitrogens with one attached hydrogen (secondary N) is 1. The third-order valence-corrected chi connectivity index (χ3v) is 8.58. The molecule has 0 atom stereocenters. The van der Waals surface area contributed by atoms with Gasteiger partial charge in [-0.15, -0.1) is 11.3 Å². The van der Waals surface area contributed by atoms with Gasteiger partial charge in [-0.05, 0) is 51.7 Å². The van der Waals surface area contributed by atoms with Crippen molar-refractivity contribution in [1.29, 1.82) is 0 Å². The number of benzene rings is 6. The Morgan fingerprint density at radius 3 is 2.17 bits per heavy atom. The molecule has 0 radical (unpaired) electrons. The van der Waals surface area contributed by atoms with Crippen molar-refractivity contribution in [3.8, 4) is 22.3 Å². The molecular weight excluding hydrogens is 454 g/mol. The van der Waals surface area contributed by atoms with Gasteiger partial charge in [0.05, 0.1) is 0 Å². The summed E-state index contributed by atoms with van der Waals surface area (Å²) in [7, 11) is 0. The molecular formula is C34H21NS. The molecule has 0 spiro atoms. The highest BCUT2D eigenvalue weighted by Crippen LogP contribution is 2.46. The second kappa shape index (κ2) is 7.55. The van der Waals surface area contributed by atoms with E-state index in [1.807, 2.05) is 11.3 Å². The van der Waals surface area contributed by atoms with Crippen molar-refractivity contribution in [2.24, 2.45) is 0 Å². The summed E-state index contributed by atoms with van der Waals surface area (Å²) in [6.07, 6.45) is 0. The Morgan fingerprint density at radius 1 is 0.472 bits per heavy atom. The van der Waals surface area contributed by atoms with Crippen LogP contribution in [0.2, 0.25) is 0 Å². The second-order valence-electron chi connectivity index (χ2n) is 9.46. The maximum absolute atomic E-state index is 3.79. The summed E-state index contributed by atoms with van der Waals surface area (Å²) >= 11 is 1.90. The summed E-state index contributed by atoms with van der Waals surface area (Å²) in [5.74, 6) is 0. The van der Waals surface area contributed by atoms with Gasteiger partial charge in [0.25, 0.3) is 0 Å². The summed E-state index contributed by atoms with van der Waals surface area (Å²) in [4.78, 5) is 3.79. The number of thiophene rings is 1. The third-order valence-electron chi connectivity index (χ3n) is 7.37. The molecule has 2 heteroatoms. The first-order valence-electron chi connectivity index (χ1n) is 12.3. The molecule has 0 saturated carbocycles. The minimum absolute atomic E-state index is 1.18. The van der Waals surface area contributed by atoms with Gasteiger partial charge in [-0.3, -0.25) is 0 Å². The van der Waals surface area contributed by atoms with E-state index in [4.69, 9.17) is 0 Å². The molecule has 0 aliphatic heterocycles. The lowest BCUT2D eigenvalue weighted by Crippen LogP contribution is -1.82. The van der Waals surface area contributed by atoms with E-state index in [0.29, 0.717) is 0 Å². The van der Waals surface area contributed by atoms with Gasteiger partial charge in [0.1, 0.15) is 0 Å². The molecule has 0 amide bonds. The number of aromatic amines is 1. The maximum Gasteiger partial charge on any atom is 0.0478 e. The van der Waals surface area contributed by atoms with Crippen LogP contribution in [0.4, 0.5) is 0 Å². The van der Waals surface area contributed by atoms with E-state index in [0.717, 1.165) is 0 Å². The summed E-state index contributed by atoms with van der Waals surface area (Å²) in [6, 6.07) is 44.1. The minimum atomic E-state index is 1.18. The SMILES string of the molecule is c1ccc(-c2ccc3c(c2)[nH]c2cc(-c4ccc5ccccc5c4)c4sc5ccccc5c4c23)cc1. The number of aromatic nitrogens is 1. The van der Waals surface area contributed by atoms with Crippen molar-refractivity contribution in [2.75, 3.05) is 0 Å². The third kappa shape index (κ3) is 2.89. The number of hydrogen-bond acceptors (Lipinski definition) is 1. The van der Waals surface area contributed by atoms with Crippen LogP contribution in [0.5, 0.6) is 0 Å². The zero-order chi connectivity index (χ0) is 23.6. The van der Waals surface area contributed by atoms with E-state index in [2.05, 4.69) is 126 Å². The van der Waals surface area contributed by atoms with E-state index < -0.39 is 0 Å². The molecule has 0 fully saturated rings. The van der Waals surface area contributed by atoms with Gasteiger partial charge in [0, 0.05) is 47.5 Å². The Labute approximate surface area is 212 Å². The predicted molar refractivity (Wildman–Crippen MR) is 157 cm³/mol. The summed E-state index contributed by atoms with van der Waals surface area (Å²) in [5, 5.41) is 7.83. The molecule has 8 rings (SSSR count). The van der Waals surface area contributed by atoms with Crippen molar-refractivity contribution in [3.63, 3.8) is 0 Å². The topological polar surface area (TPSA) is 15.8 Å². The van der Waals surface area contributed by atoms with Crippen molar-refractivity contribution in [2.45, 2.75) is 0 Å². The number of H-pyrrole nitrogens is 1. The lowest BCUT2D eigenvalue weighted by molar-refractivity contribution is 1.54. The van der Waals surface area contributed by atoms with Gasteiger partial charge in [0.15, 0.2) is 0 Å². The Morgan fingerprint density at radius 2 is 1.25 bits per heavy atom. The summed E-state index contributed by atoms with van der Waals surface area (Å²) in [5.41, 5.74) is 7.39. The molecule has 0 saturated heterocycles. The fourth-order valence-electron chi connectivity index (χ4n) is 5.67. The summed E-state index contributed by atoms with van der Waals surface area (Å²) < 4.78 is 2.68. The molecule has 0 bridgehead atoms. The van der Waals surface area contributed by atoms with Gasteiger partial charge < -0.3 is 4.98 Å². The average molecular weight is 476 g/mol. The first-order valence-corrected chi connectivity index (χ1v) is 13.1. The molecule has 0 aliphatic rings. The van der Waals surface area contributed by atoms with E-state index in [1.54, 1.807) is 0 Å². The molecule has 8 aromatic rings. The molecule has 36 heavy (non-hydrogen) atoms. The maximum atomic E-state index is 3.79.